The van der Waals surface area contributed by atoms with Gasteiger partial charge in [-0.2, -0.15) is 0 Å². The molecule has 2 N–H and O–H groups in total. The van der Waals surface area contributed by atoms with Gasteiger partial charge in [0.05, 0.1) is 24.9 Å². The van der Waals surface area contributed by atoms with E-state index in [9.17, 15) is 9.18 Å². The van der Waals surface area contributed by atoms with Crippen LogP contribution in [0.2, 0.25) is 0 Å². The molecule has 4 nitrogen and oxygen atoms in total. The number of benzene rings is 1. The fourth-order valence-corrected chi connectivity index (χ4v) is 3.33. The average molecular weight is 358 g/mol. The number of nitrogens with one attached hydrogen (secondary N) is 2. The first-order chi connectivity index (χ1) is 12.1. The molecule has 2 aromatic heterocycles. The molecule has 0 radical (unpaired) electrons. The summed E-state index contributed by atoms with van der Waals surface area (Å²) in [7, 11) is 0. The largest absolute Gasteiger partial charge is 0.468 e. The summed E-state index contributed by atoms with van der Waals surface area (Å²) in [6.07, 6.45) is 1.61. The highest BCUT2D eigenvalue weighted by Crippen LogP contribution is 2.26. The van der Waals surface area contributed by atoms with Gasteiger partial charge in [-0.1, -0.05) is 18.2 Å². The van der Waals surface area contributed by atoms with Crippen LogP contribution >= 0.6 is 11.3 Å². The molecule has 1 aromatic carbocycles. The lowest BCUT2D eigenvalue weighted by atomic mass is 10.1. The molecule has 0 bridgehead atoms. The van der Waals surface area contributed by atoms with Gasteiger partial charge in [0, 0.05) is 4.88 Å². The maximum absolute atomic E-state index is 13.2. The molecular weight excluding hydrogens is 339 g/mol. The second kappa shape index (κ2) is 8.09. The Morgan fingerprint density at radius 2 is 2.00 bits per heavy atom. The van der Waals surface area contributed by atoms with Crippen molar-refractivity contribution in [3.05, 3.63) is 82.2 Å². The van der Waals surface area contributed by atoms with E-state index in [0.29, 0.717) is 0 Å². The van der Waals surface area contributed by atoms with Gasteiger partial charge in [-0.25, -0.2) is 4.39 Å². The summed E-state index contributed by atoms with van der Waals surface area (Å²) in [6.45, 7) is 2.09. The zero-order valence-corrected chi connectivity index (χ0v) is 14.6. The SMILES string of the molecule is C[C@@H](NCC(=O)N[C@@H](c1ccc(F)cc1)c1cccs1)c1ccco1. The number of halogens is 1. The Morgan fingerprint density at radius 3 is 2.64 bits per heavy atom. The summed E-state index contributed by atoms with van der Waals surface area (Å²) >= 11 is 1.55. The van der Waals surface area contributed by atoms with Crippen LogP contribution in [0.3, 0.4) is 0 Å². The summed E-state index contributed by atoms with van der Waals surface area (Å²) < 4.78 is 18.5. The van der Waals surface area contributed by atoms with Crippen molar-refractivity contribution in [2.75, 3.05) is 6.54 Å². The van der Waals surface area contributed by atoms with Crippen LogP contribution in [-0.4, -0.2) is 12.5 Å². The first kappa shape index (κ1) is 17.4. The van der Waals surface area contributed by atoms with Crippen LogP contribution in [0.1, 0.15) is 35.2 Å². The van der Waals surface area contributed by atoms with E-state index in [1.807, 2.05) is 36.6 Å². The molecule has 1 amide bonds. The molecular formula is C19H19FN2O2S. The summed E-state index contributed by atoms with van der Waals surface area (Å²) in [5, 5.41) is 8.10. The minimum Gasteiger partial charge on any atom is -0.468 e. The monoisotopic (exact) mass is 358 g/mol. The third-order valence-electron chi connectivity index (χ3n) is 3.88. The Balaban J connectivity index is 1.66. The van der Waals surface area contributed by atoms with Crippen LogP contribution in [0.5, 0.6) is 0 Å². The van der Waals surface area contributed by atoms with E-state index < -0.39 is 0 Å². The standard InChI is InChI=1S/C19H19FN2O2S/c1-13(16-4-2-10-24-16)21-12-18(23)22-19(17-5-3-11-25-17)14-6-8-15(20)9-7-14/h2-11,13,19,21H,12H2,1H3,(H,22,23)/t13-,19+/m1/s1. The first-order valence-corrected chi connectivity index (χ1v) is 8.86. The van der Waals surface area contributed by atoms with Crippen molar-refractivity contribution < 1.29 is 13.6 Å². The highest BCUT2D eigenvalue weighted by molar-refractivity contribution is 7.10. The van der Waals surface area contributed by atoms with E-state index in [1.165, 1.54) is 12.1 Å². The average Bonchev–Trinajstić information content (AvgIpc) is 3.31. The van der Waals surface area contributed by atoms with Crippen LogP contribution in [0.25, 0.3) is 0 Å². The zero-order valence-electron chi connectivity index (χ0n) is 13.7. The molecule has 6 heteroatoms. The zero-order chi connectivity index (χ0) is 17.6. The van der Waals surface area contributed by atoms with E-state index in [2.05, 4.69) is 10.6 Å². The topological polar surface area (TPSA) is 54.3 Å². The molecule has 130 valence electrons. The third-order valence-corrected chi connectivity index (χ3v) is 4.81. The van der Waals surface area contributed by atoms with E-state index >= 15 is 0 Å². The molecule has 0 spiro atoms. The molecule has 2 atom stereocenters. The van der Waals surface area contributed by atoms with E-state index in [0.717, 1.165) is 16.2 Å². The van der Waals surface area contributed by atoms with E-state index in [-0.39, 0.29) is 30.4 Å². The normalized spacial score (nSPS) is 13.4. The second-order valence-electron chi connectivity index (χ2n) is 5.69. The van der Waals surface area contributed by atoms with Gasteiger partial charge in [0.15, 0.2) is 0 Å². The minimum atomic E-state index is -0.297. The fraction of sp³-hybridized carbons (Fsp3) is 0.211. The number of carbonyl (C=O) groups excluding carboxylic acids is 1. The quantitative estimate of drug-likeness (QED) is 0.670. The van der Waals surface area contributed by atoms with E-state index in [4.69, 9.17) is 4.42 Å². The number of carbonyl (C=O) groups is 1. The Hall–Kier alpha value is -2.44. The second-order valence-corrected chi connectivity index (χ2v) is 6.66. The third kappa shape index (κ3) is 4.55. The number of amides is 1. The van der Waals surface area contributed by atoms with Crippen molar-refractivity contribution in [3.63, 3.8) is 0 Å². The molecule has 0 unspecified atom stereocenters. The van der Waals surface area contributed by atoms with Crippen molar-refractivity contribution in [2.45, 2.75) is 19.0 Å². The van der Waals surface area contributed by atoms with Gasteiger partial charge in [-0.05, 0) is 48.2 Å². The van der Waals surface area contributed by atoms with Gasteiger partial charge < -0.3 is 9.73 Å². The Bertz CT molecular complexity index is 785. The summed E-state index contributed by atoms with van der Waals surface area (Å²) in [6, 6.07) is 13.4. The smallest absolute Gasteiger partial charge is 0.234 e. The minimum absolute atomic E-state index is 0.0632. The predicted octanol–water partition coefficient (Wildman–Crippen LogP) is 4.04. The van der Waals surface area contributed by atoms with Crippen molar-refractivity contribution in [2.24, 2.45) is 0 Å². The number of hydrogen-bond acceptors (Lipinski definition) is 4. The van der Waals surface area contributed by atoms with Crippen molar-refractivity contribution in [1.82, 2.24) is 10.6 Å². The molecule has 0 saturated heterocycles. The molecule has 2 heterocycles. The van der Waals surface area contributed by atoms with Crippen LogP contribution in [0, 0.1) is 5.82 Å². The molecule has 3 aromatic rings. The molecule has 3 rings (SSSR count). The van der Waals surface area contributed by atoms with Crippen LogP contribution < -0.4 is 10.6 Å². The molecule has 0 saturated carbocycles. The molecule has 0 fully saturated rings. The lowest BCUT2D eigenvalue weighted by molar-refractivity contribution is -0.120. The lowest BCUT2D eigenvalue weighted by Gasteiger charge is -2.19. The number of rotatable bonds is 7. The van der Waals surface area contributed by atoms with Gasteiger partial charge in [0.25, 0.3) is 0 Å². The van der Waals surface area contributed by atoms with Gasteiger partial charge in [-0.15, -0.1) is 11.3 Å². The number of furan rings is 1. The van der Waals surface area contributed by atoms with Crippen LogP contribution in [0.15, 0.2) is 64.6 Å². The molecule has 25 heavy (non-hydrogen) atoms. The van der Waals surface area contributed by atoms with Crippen LogP contribution in [-0.2, 0) is 4.79 Å². The van der Waals surface area contributed by atoms with Gasteiger partial charge >= 0.3 is 0 Å². The van der Waals surface area contributed by atoms with Gasteiger partial charge in [-0.3, -0.25) is 10.1 Å². The predicted molar refractivity (Wildman–Crippen MR) is 95.8 cm³/mol. The maximum Gasteiger partial charge on any atom is 0.234 e. The van der Waals surface area contributed by atoms with Gasteiger partial charge in [0.1, 0.15) is 11.6 Å². The number of hydrogen-bond donors (Lipinski definition) is 2. The maximum atomic E-state index is 13.2. The van der Waals surface area contributed by atoms with Crippen molar-refractivity contribution in [1.29, 1.82) is 0 Å². The highest BCUT2D eigenvalue weighted by atomic mass is 32.1. The van der Waals surface area contributed by atoms with Gasteiger partial charge in [0.2, 0.25) is 5.91 Å². The van der Waals surface area contributed by atoms with E-state index in [1.54, 1.807) is 29.7 Å². The summed E-state index contributed by atoms with van der Waals surface area (Å²) in [4.78, 5) is 13.4. The Labute approximate surface area is 149 Å². The first-order valence-electron chi connectivity index (χ1n) is 7.98. The summed E-state index contributed by atoms with van der Waals surface area (Å²) in [5.41, 5.74) is 0.844. The number of thiophene rings is 1. The van der Waals surface area contributed by atoms with Crippen molar-refractivity contribution in [3.8, 4) is 0 Å². The highest BCUT2D eigenvalue weighted by Gasteiger charge is 2.18. The molecule has 0 aliphatic heterocycles. The lowest BCUT2D eigenvalue weighted by Crippen LogP contribution is -2.37. The molecule has 0 aliphatic carbocycles. The molecule has 0 aliphatic rings. The fourth-order valence-electron chi connectivity index (χ4n) is 2.53. The van der Waals surface area contributed by atoms with Crippen molar-refractivity contribution >= 4 is 17.2 Å². The Kier molecular flexibility index (Phi) is 5.63. The summed E-state index contributed by atoms with van der Waals surface area (Å²) in [5.74, 6) is 0.344. The Morgan fingerprint density at radius 1 is 1.20 bits per heavy atom. The van der Waals surface area contributed by atoms with Crippen LogP contribution in [0.4, 0.5) is 4.39 Å².